The van der Waals surface area contributed by atoms with E-state index in [0.29, 0.717) is 25.7 Å². The maximum Gasteiger partial charge on any atom is 0.309 e. The van der Waals surface area contributed by atoms with Crippen LogP contribution in [0.15, 0.2) is 80.0 Å². The number of carbonyl (C=O) groups is 3. The maximum atomic E-state index is 13.4. The second kappa shape index (κ2) is 16.9. The summed E-state index contributed by atoms with van der Waals surface area (Å²) in [4.78, 5) is 42.1. The predicted molar refractivity (Wildman–Crippen MR) is 161 cm³/mol. The minimum Gasteiger partial charge on any atom is -0.463 e. The number of aromatic amines is 1. The normalized spacial score (nSPS) is 13.1. The van der Waals surface area contributed by atoms with Gasteiger partial charge in [0, 0.05) is 30.1 Å². The first-order valence-corrected chi connectivity index (χ1v) is 14.2. The molecule has 0 unspecified atom stereocenters. The number of ether oxygens (including phenoxy) is 1. The van der Waals surface area contributed by atoms with Crippen molar-refractivity contribution >= 4 is 28.7 Å². The van der Waals surface area contributed by atoms with E-state index in [9.17, 15) is 18.8 Å². The number of esters is 1. The second-order valence-corrected chi connectivity index (χ2v) is 10.3. The van der Waals surface area contributed by atoms with Crippen LogP contribution in [0.3, 0.4) is 0 Å². The molecular formula is C33H40FN3O5. The summed E-state index contributed by atoms with van der Waals surface area (Å²) in [7, 11) is 0. The molecule has 0 fully saturated rings. The first-order chi connectivity index (χ1) is 20.3. The van der Waals surface area contributed by atoms with Crippen molar-refractivity contribution in [3.05, 3.63) is 97.0 Å². The minimum atomic E-state index is -0.679. The molecule has 0 bridgehead atoms. The zero-order chi connectivity index (χ0) is 30.3. The minimum absolute atomic E-state index is 0.0707. The standard InChI is InChI=1S/C33H40FN3O5/c1-3-5-9-25(18-23-12-14-27(34)15-13-23)33(41)42-22-28(19-26-21-36-30-11-7-6-10-29(26)30)37-32(40)24(8-4-2)20-31(39)35-16-17-38/h3-4,6-7,10-15,21,24-25,28,36,38H,1-2,5,8-9,16-20,22H2,(H,35,39)(H,37,40)/t24-,25+,28-/m1/s1. The number of para-hydroxylation sites is 1. The van der Waals surface area contributed by atoms with Crippen molar-refractivity contribution in [2.75, 3.05) is 19.8 Å². The Bertz CT molecular complexity index is 1340. The lowest BCUT2D eigenvalue weighted by atomic mass is 9.94. The highest BCUT2D eigenvalue weighted by Gasteiger charge is 2.26. The van der Waals surface area contributed by atoms with Gasteiger partial charge in [-0.25, -0.2) is 4.39 Å². The molecule has 0 radical (unpaired) electrons. The van der Waals surface area contributed by atoms with E-state index in [1.54, 1.807) is 24.3 Å². The Balaban J connectivity index is 1.76. The Morgan fingerprint density at radius 2 is 1.79 bits per heavy atom. The summed E-state index contributed by atoms with van der Waals surface area (Å²) < 4.78 is 19.2. The topological polar surface area (TPSA) is 121 Å². The highest BCUT2D eigenvalue weighted by atomic mass is 19.1. The Morgan fingerprint density at radius 1 is 1.02 bits per heavy atom. The third kappa shape index (κ3) is 9.99. The van der Waals surface area contributed by atoms with E-state index in [4.69, 9.17) is 9.84 Å². The van der Waals surface area contributed by atoms with Crippen LogP contribution < -0.4 is 10.6 Å². The van der Waals surface area contributed by atoms with Crippen LogP contribution in [0.5, 0.6) is 0 Å². The fraction of sp³-hybridized carbons (Fsp3) is 0.364. The van der Waals surface area contributed by atoms with Crippen LogP contribution in [0.1, 0.15) is 36.8 Å². The van der Waals surface area contributed by atoms with Crippen LogP contribution in [0.4, 0.5) is 4.39 Å². The summed E-state index contributed by atoms with van der Waals surface area (Å²) in [6.07, 6.45) is 7.29. The smallest absolute Gasteiger partial charge is 0.309 e. The molecule has 2 amide bonds. The van der Waals surface area contributed by atoms with E-state index < -0.39 is 23.8 Å². The Kier molecular flexibility index (Phi) is 13.0. The average molecular weight is 578 g/mol. The van der Waals surface area contributed by atoms with Gasteiger partial charge in [-0.2, -0.15) is 0 Å². The van der Waals surface area contributed by atoms with Crippen LogP contribution in [-0.4, -0.2) is 53.7 Å². The third-order valence-electron chi connectivity index (χ3n) is 7.05. The largest absolute Gasteiger partial charge is 0.463 e. The molecule has 2 aromatic carbocycles. The first-order valence-electron chi connectivity index (χ1n) is 14.2. The monoisotopic (exact) mass is 577 g/mol. The number of nitrogens with one attached hydrogen (secondary N) is 3. The molecule has 0 aliphatic rings. The molecule has 0 aliphatic heterocycles. The molecule has 9 heteroatoms. The van der Waals surface area contributed by atoms with Gasteiger partial charge in [0.25, 0.3) is 0 Å². The molecule has 8 nitrogen and oxygen atoms in total. The summed E-state index contributed by atoms with van der Waals surface area (Å²) in [5.41, 5.74) is 2.71. The number of aromatic nitrogens is 1. The number of aliphatic hydroxyl groups is 1. The molecule has 1 heterocycles. The first kappa shape index (κ1) is 32.3. The predicted octanol–water partition coefficient (Wildman–Crippen LogP) is 4.39. The lowest BCUT2D eigenvalue weighted by molar-refractivity contribution is -0.150. The quantitative estimate of drug-likeness (QED) is 0.132. The number of aliphatic hydroxyl groups excluding tert-OH is 1. The molecule has 0 aliphatic carbocycles. The Hall–Kier alpha value is -4.24. The van der Waals surface area contributed by atoms with Crippen LogP contribution in [-0.2, 0) is 32.0 Å². The Labute approximate surface area is 246 Å². The molecule has 3 aromatic rings. The molecule has 0 spiro atoms. The number of fused-ring (bicyclic) bond motifs is 1. The van der Waals surface area contributed by atoms with Crippen LogP contribution in [0.25, 0.3) is 10.9 Å². The highest BCUT2D eigenvalue weighted by molar-refractivity contribution is 5.86. The zero-order valence-corrected chi connectivity index (χ0v) is 23.8. The SMILES string of the molecule is C=CCC[C@@H](Cc1ccc(F)cc1)C(=O)OC[C@@H](Cc1c[nH]c2ccccc12)NC(=O)[C@H](CC=C)CC(=O)NCCO. The van der Waals surface area contributed by atoms with Gasteiger partial charge < -0.3 is 25.5 Å². The number of halogens is 1. The molecule has 42 heavy (non-hydrogen) atoms. The van der Waals surface area contributed by atoms with Crippen LogP contribution >= 0.6 is 0 Å². The van der Waals surface area contributed by atoms with Gasteiger partial charge in [0.15, 0.2) is 0 Å². The summed E-state index contributed by atoms with van der Waals surface area (Å²) in [6.45, 7) is 7.30. The van der Waals surface area contributed by atoms with Crippen molar-refractivity contribution in [2.24, 2.45) is 11.8 Å². The summed E-state index contributed by atoms with van der Waals surface area (Å²) in [6, 6.07) is 13.3. The van der Waals surface area contributed by atoms with Crippen molar-refractivity contribution in [2.45, 2.75) is 44.6 Å². The van der Waals surface area contributed by atoms with Crippen molar-refractivity contribution in [3.63, 3.8) is 0 Å². The molecule has 1 aromatic heterocycles. The van der Waals surface area contributed by atoms with E-state index in [2.05, 4.69) is 28.8 Å². The second-order valence-electron chi connectivity index (χ2n) is 10.3. The van der Waals surface area contributed by atoms with Gasteiger partial charge in [-0.15, -0.1) is 13.2 Å². The highest BCUT2D eigenvalue weighted by Crippen LogP contribution is 2.21. The van der Waals surface area contributed by atoms with Gasteiger partial charge in [0.05, 0.1) is 24.5 Å². The van der Waals surface area contributed by atoms with Crippen molar-refractivity contribution in [1.82, 2.24) is 15.6 Å². The lowest BCUT2D eigenvalue weighted by Gasteiger charge is -2.23. The maximum absolute atomic E-state index is 13.4. The van der Waals surface area contributed by atoms with Gasteiger partial charge in [-0.1, -0.05) is 42.5 Å². The number of allylic oxidation sites excluding steroid dienone is 2. The number of H-pyrrole nitrogens is 1. The molecule has 0 saturated carbocycles. The number of hydrogen-bond acceptors (Lipinski definition) is 5. The van der Waals surface area contributed by atoms with Gasteiger partial charge in [-0.05, 0) is 61.4 Å². The van der Waals surface area contributed by atoms with Gasteiger partial charge >= 0.3 is 5.97 Å². The van der Waals surface area contributed by atoms with E-state index in [1.165, 1.54) is 12.1 Å². The van der Waals surface area contributed by atoms with Crippen LogP contribution in [0, 0.1) is 17.7 Å². The number of amides is 2. The lowest BCUT2D eigenvalue weighted by Crippen LogP contribution is -2.44. The molecular weight excluding hydrogens is 537 g/mol. The van der Waals surface area contributed by atoms with Gasteiger partial charge in [-0.3, -0.25) is 14.4 Å². The zero-order valence-electron chi connectivity index (χ0n) is 23.8. The van der Waals surface area contributed by atoms with Crippen LogP contribution in [0.2, 0.25) is 0 Å². The Morgan fingerprint density at radius 3 is 2.50 bits per heavy atom. The third-order valence-corrected chi connectivity index (χ3v) is 7.05. The number of benzene rings is 2. The summed E-state index contributed by atoms with van der Waals surface area (Å²) in [5, 5.41) is 15.6. The number of carbonyl (C=O) groups excluding carboxylic acids is 3. The average Bonchev–Trinajstić information content (AvgIpc) is 3.40. The molecule has 224 valence electrons. The number of hydrogen-bond donors (Lipinski definition) is 4. The van der Waals surface area contributed by atoms with Crippen molar-refractivity contribution in [3.8, 4) is 0 Å². The van der Waals surface area contributed by atoms with E-state index >= 15 is 0 Å². The summed E-state index contributed by atoms with van der Waals surface area (Å²) in [5.74, 6) is -2.62. The summed E-state index contributed by atoms with van der Waals surface area (Å²) >= 11 is 0. The molecule has 0 saturated heterocycles. The van der Waals surface area contributed by atoms with E-state index in [0.717, 1.165) is 22.0 Å². The van der Waals surface area contributed by atoms with Crippen molar-refractivity contribution in [1.29, 1.82) is 0 Å². The number of rotatable bonds is 18. The van der Waals surface area contributed by atoms with Crippen molar-refractivity contribution < 1.29 is 28.6 Å². The molecule has 4 N–H and O–H groups in total. The molecule has 3 rings (SSSR count). The van der Waals surface area contributed by atoms with E-state index in [-0.39, 0.29) is 50.2 Å². The molecule has 3 atom stereocenters. The van der Waals surface area contributed by atoms with Gasteiger partial charge in [0.1, 0.15) is 12.4 Å². The van der Waals surface area contributed by atoms with Gasteiger partial charge in [0.2, 0.25) is 11.8 Å². The fourth-order valence-electron chi connectivity index (χ4n) is 4.84. The fourth-order valence-corrected chi connectivity index (χ4v) is 4.84. The van der Waals surface area contributed by atoms with E-state index in [1.807, 2.05) is 30.5 Å².